The van der Waals surface area contributed by atoms with Gasteiger partial charge in [-0.3, -0.25) is 9.78 Å². The van der Waals surface area contributed by atoms with Crippen LogP contribution in [0.5, 0.6) is 5.75 Å². The van der Waals surface area contributed by atoms with Crippen LogP contribution in [-0.4, -0.2) is 22.2 Å². The minimum atomic E-state index is -4.75. The SMILES string of the molecule is O=C1c2cccnc2C(Nc2ccc(OC(F)(F)F)cc2)N1Cc1ccccc1. The molecule has 1 N–H and O–H groups in total. The number of anilines is 1. The summed E-state index contributed by atoms with van der Waals surface area (Å²) in [6.45, 7) is 0.364. The van der Waals surface area contributed by atoms with Crippen molar-refractivity contribution in [3.05, 3.63) is 89.7 Å². The zero-order chi connectivity index (χ0) is 20.4. The summed E-state index contributed by atoms with van der Waals surface area (Å²) in [4.78, 5) is 18.9. The lowest BCUT2D eigenvalue weighted by Crippen LogP contribution is -2.32. The second-order valence-corrected chi connectivity index (χ2v) is 6.47. The standard InChI is InChI=1S/C21H16F3N3O2/c22-21(23,24)29-16-10-8-15(9-11-16)26-19-18-17(7-4-12-25-18)20(28)27(19)13-14-5-2-1-3-6-14/h1-12,19,26H,13H2. The number of nitrogens with one attached hydrogen (secondary N) is 1. The van der Waals surface area contributed by atoms with Crippen LogP contribution in [0.25, 0.3) is 0 Å². The Hall–Kier alpha value is -3.55. The Balaban J connectivity index is 1.59. The first-order valence-corrected chi connectivity index (χ1v) is 8.83. The average molecular weight is 399 g/mol. The number of halogens is 3. The molecule has 2 aromatic carbocycles. The molecule has 1 amide bonds. The summed E-state index contributed by atoms with van der Waals surface area (Å²) in [7, 11) is 0. The molecule has 0 fully saturated rings. The molecule has 0 radical (unpaired) electrons. The molecule has 0 saturated heterocycles. The first-order chi connectivity index (χ1) is 13.9. The molecule has 1 unspecified atom stereocenters. The van der Waals surface area contributed by atoms with E-state index in [2.05, 4.69) is 15.0 Å². The highest BCUT2D eigenvalue weighted by atomic mass is 19.4. The number of aromatic nitrogens is 1. The highest BCUT2D eigenvalue weighted by molar-refractivity contribution is 5.98. The fraction of sp³-hybridized carbons (Fsp3) is 0.143. The molecule has 8 heteroatoms. The van der Waals surface area contributed by atoms with Crippen molar-refractivity contribution in [2.45, 2.75) is 19.1 Å². The Bertz CT molecular complexity index is 1010. The van der Waals surface area contributed by atoms with Gasteiger partial charge in [0.25, 0.3) is 5.91 Å². The first-order valence-electron chi connectivity index (χ1n) is 8.83. The van der Waals surface area contributed by atoms with Crippen molar-refractivity contribution in [3.63, 3.8) is 0 Å². The maximum atomic E-state index is 12.9. The number of ether oxygens (including phenoxy) is 1. The predicted octanol–water partition coefficient (Wildman–Crippen LogP) is 4.75. The van der Waals surface area contributed by atoms with Crippen molar-refractivity contribution < 1.29 is 22.7 Å². The van der Waals surface area contributed by atoms with Gasteiger partial charge in [-0.15, -0.1) is 13.2 Å². The number of hydrogen-bond donors (Lipinski definition) is 1. The summed E-state index contributed by atoms with van der Waals surface area (Å²) in [5.41, 5.74) is 2.56. The number of hydrogen-bond acceptors (Lipinski definition) is 4. The van der Waals surface area contributed by atoms with E-state index in [1.807, 2.05) is 30.3 Å². The topological polar surface area (TPSA) is 54.5 Å². The van der Waals surface area contributed by atoms with Crippen LogP contribution in [0.15, 0.2) is 72.9 Å². The molecular formula is C21H16F3N3O2. The molecule has 2 heterocycles. The van der Waals surface area contributed by atoms with Gasteiger partial charge >= 0.3 is 6.36 Å². The zero-order valence-electron chi connectivity index (χ0n) is 15.1. The van der Waals surface area contributed by atoms with Gasteiger partial charge in [-0.25, -0.2) is 0 Å². The normalized spacial score (nSPS) is 15.9. The number of benzene rings is 2. The molecule has 3 aromatic rings. The molecule has 29 heavy (non-hydrogen) atoms. The van der Waals surface area contributed by atoms with E-state index >= 15 is 0 Å². The van der Waals surface area contributed by atoms with Gasteiger partial charge in [0.05, 0.1) is 11.3 Å². The number of alkyl halides is 3. The minimum absolute atomic E-state index is 0.161. The smallest absolute Gasteiger partial charge is 0.406 e. The molecule has 148 valence electrons. The van der Waals surface area contributed by atoms with Crippen molar-refractivity contribution in [2.24, 2.45) is 0 Å². The number of fused-ring (bicyclic) bond motifs is 1. The van der Waals surface area contributed by atoms with Gasteiger partial charge in [-0.05, 0) is 42.0 Å². The lowest BCUT2D eigenvalue weighted by Gasteiger charge is -2.26. The van der Waals surface area contributed by atoms with Crippen LogP contribution in [0.2, 0.25) is 0 Å². The summed E-state index contributed by atoms with van der Waals surface area (Å²) in [6, 6.07) is 18.3. The van der Waals surface area contributed by atoms with Gasteiger partial charge < -0.3 is 15.0 Å². The van der Waals surface area contributed by atoms with Crippen molar-refractivity contribution in [1.82, 2.24) is 9.88 Å². The molecular weight excluding hydrogens is 383 g/mol. The van der Waals surface area contributed by atoms with E-state index in [9.17, 15) is 18.0 Å². The van der Waals surface area contributed by atoms with Crippen LogP contribution in [0.1, 0.15) is 27.8 Å². The number of rotatable bonds is 5. The third-order valence-electron chi connectivity index (χ3n) is 4.49. The molecule has 5 nitrogen and oxygen atoms in total. The first kappa shape index (κ1) is 18.8. The Labute approximate surface area is 164 Å². The lowest BCUT2D eigenvalue weighted by molar-refractivity contribution is -0.274. The summed E-state index contributed by atoms with van der Waals surface area (Å²) in [5, 5.41) is 3.19. The van der Waals surface area contributed by atoms with E-state index in [-0.39, 0.29) is 11.7 Å². The molecule has 0 bridgehead atoms. The van der Waals surface area contributed by atoms with Crippen LogP contribution in [0.4, 0.5) is 18.9 Å². The summed E-state index contributed by atoms with van der Waals surface area (Å²) in [6.07, 6.45) is -3.69. The molecule has 0 spiro atoms. The highest BCUT2D eigenvalue weighted by Crippen LogP contribution is 2.34. The molecule has 1 aliphatic rings. The van der Waals surface area contributed by atoms with Gasteiger partial charge in [0.2, 0.25) is 0 Å². The number of carbonyl (C=O) groups is 1. The van der Waals surface area contributed by atoms with E-state index in [1.165, 1.54) is 24.3 Å². The van der Waals surface area contributed by atoms with Crippen LogP contribution >= 0.6 is 0 Å². The van der Waals surface area contributed by atoms with E-state index in [4.69, 9.17) is 0 Å². The zero-order valence-corrected chi connectivity index (χ0v) is 15.1. The fourth-order valence-corrected chi connectivity index (χ4v) is 3.24. The molecule has 1 atom stereocenters. The van der Waals surface area contributed by atoms with Gasteiger partial charge in [0.15, 0.2) is 0 Å². The third-order valence-corrected chi connectivity index (χ3v) is 4.49. The third kappa shape index (κ3) is 4.16. The lowest BCUT2D eigenvalue weighted by atomic mass is 10.2. The van der Waals surface area contributed by atoms with Gasteiger partial charge in [0, 0.05) is 18.4 Å². The molecule has 4 rings (SSSR count). The van der Waals surface area contributed by atoms with E-state index in [1.54, 1.807) is 23.2 Å². The summed E-state index contributed by atoms with van der Waals surface area (Å²) >= 11 is 0. The van der Waals surface area contributed by atoms with Crippen LogP contribution in [0, 0.1) is 0 Å². The molecule has 1 aromatic heterocycles. The summed E-state index contributed by atoms with van der Waals surface area (Å²) in [5.74, 6) is -0.475. The van der Waals surface area contributed by atoms with Crippen molar-refractivity contribution in [2.75, 3.05) is 5.32 Å². The number of pyridine rings is 1. The Kier molecular flexibility index (Phi) is 4.84. The average Bonchev–Trinajstić information content (AvgIpc) is 2.95. The van der Waals surface area contributed by atoms with Crippen LogP contribution in [0.3, 0.4) is 0 Å². The minimum Gasteiger partial charge on any atom is -0.406 e. The van der Waals surface area contributed by atoms with Gasteiger partial charge in [-0.1, -0.05) is 30.3 Å². The monoisotopic (exact) mass is 399 g/mol. The number of carbonyl (C=O) groups excluding carboxylic acids is 1. The Morgan fingerprint density at radius 2 is 1.72 bits per heavy atom. The predicted molar refractivity (Wildman–Crippen MR) is 100 cm³/mol. The van der Waals surface area contributed by atoms with Gasteiger partial charge in [-0.2, -0.15) is 0 Å². The largest absolute Gasteiger partial charge is 0.573 e. The van der Waals surface area contributed by atoms with Crippen LogP contribution < -0.4 is 10.1 Å². The number of nitrogens with zero attached hydrogens (tertiary/aromatic N) is 2. The maximum Gasteiger partial charge on any atom is 0.573 e. The van der Waals surface area contributed by atoms with Gasteiger partial charge in [0.1, 0.15) is 11.9 Å². The fourth-order valence-electron chi connectivity index (χ4n) is 3.24. The quantitative estimate of drug-likeness (QED) is 0.673. The van der Waals surface area contributed by atoms with Crippen molar-refractivity contribution in [1.29, 1.82) is 0 Å². The second-order valence-electron chi connectivity index (χ2n) is 6.47. The van der Waals surface area contributed by atoms with Crippen molar-refractivity contribution >= 4 is 11.6 Å². The van der Waals surface area contributed by atoms with E-state index in [0.717, 1.165) is 5.56 Å². The highest BCUT2D eigenvalue weighted by Gasteiger charge is 2.38. The van der Waals surface area contributed by atoms with E-state index < -0.39 is 12.5 Å². The van der Waals surface area contributed by atoms with E-state index in [0.29, 0.717) is 23.5 Å². The maximum absolute atomic E-state index is 12.9. The molecule has 1 aliphatic heterocycles. The summed E-state index contributed by atoms with van der Waals surface area (Å²) < 4.78 is 40.9. The second kappa shape index (κ2) is 7.46. The van der Waals surface area contributed by atoms with Crippen molar-refractivity contribution in [3.8, 4) is 5.75 Å². The Morgan fingerprint density at radius 3 is 2.41 bits per heavy atom. The molecule has 0 saturated carbocycles. The number of amides is 1. The molecule has 0 aliphatic carbocycles. The van der Waals surface area contributed by atoms with Crippen LogP contribution in [-0.2, 0) is 6.54 Å². The Morgan fingerprint density at radius 1 is 1.00 bits per heavy atom.